The zero-order valence-corrected chi connectivity index (χ0v) is 12.2. The molecule has 0 aliphatic rings. The molecular weight excluding hydrogens is 317 g/mol. The van der Waals surface area contributed by atoms with Gasteiger partial charge in [-0.15, -0.1) is 0 Å². The highest BCUT2D eigenvalue weighted by molar-refractivity contribution is 6.33. The molecule has 0 heterocycles. The first kappa shape index (κ1) is 16.2. The minimum absolute atomic E-state index is 0.0212. The van der Waals surface area contributed by atoms with Crippen molar-refractivity contribution in [2.45, 2.75) is 13.1 Å². The van der Waals surface area contributed by atoms with Crippen LogP contribution in [0.2, 0.25) is 5.02 Å². The number of para-hydroxylation sites is 1. The van der Waals surface area contributed by atoms with E-state index >= 15 is 0 Å². The number of carbonyl (C=O) groups excluding carboxylic acids is 1. The number of amides is 2. The van der Waals surface area contributed by atoms with Crippen molar-refractivity contribution >= 4 is 29.0 Å². The first-order chi connectivity index (χ1) is 10.3. The van der Waals surface area contributed by atoms with Gasteiger partial charge >= 0.3 is 12.2 Å². The Bertz CT molecular complexity index is 701. The quantitative estimate of drug-likeness (QED) is 0.770. The smallest absolute Gasteiger partial charge is 0.307 e. The molecule has 0 aromatic heterocycles. The highest BCUT2D eigenvalue weighted by Crippen LogP contribution is 2.33. The Balaban J connectivity index is 2.17. The van der Waals surface area contributed by atoms with Gasteiger partial charge in [0.2, 0.25) is 0 Å². The van der Waals surface area contributed by atoms with E-state index in [1.54, 1.807) is 25.1 Å². The van der Waals surface area contributed by atoms with Crippen LogP contribution in [0.5, 0.6) is 0 Å². The van der Waals surface area contributed by atoms with E-state index in [1.807, 2.05) is 6.07 Å². The van der Waals surface area contributed by atoms with Gasteiger partial charge in [0.25, 0.3) is 0 Å². The van der Waals surface area contributed by atoms with Crippen LogP contribution in [0.1, 0.15) is 11.1 Å². The minimum Gasteiger partial charge on any atom is -0.307 e. The van der Waals surface area contributed by atoms with Gasteiger partial charge in [-0.1, -0.05) is 29.8 Å². The largest absolute Gasteiger partial charge is 0.416 e. The van der Waals surface area contributed by atoms with Crippen molar-refractivity contribution in [1.82, 2.24) is 0 Å². The highest BCUT2D eigenvalue weighted by Gasteiger charge is 2.31. The standard InChI is InChI=1S/C15H12ClF3N2O/c1-9-4-2-3-5-12(9)20-14(22)21-13-8-10(15(17,18)19)6-7-11(13)16/h2-8H,1H3,(H2,20,21,22). The number of halogens is 4. The lowest BCUT2D eigenvalue weighted by molar-refractivity contribution is -0.137. The lowest BCUT2D eigenvalue weighted by Gasteiger charge is -2.13. The molecule has 0 saturated heterocycles. The van der Waals surface area contributed by atoms with Gasteiger partial charge in [0.15, 0.2) is 0 Å². The average molecular weight is 329 g/mol. The Morgan fingerprint density at radius 3 is 2.32 bits per heavy atom. The van der Waals surface area contributed by atoms with Gasteiger partial charge in [0.05, 0.1) is 16.3 Å². The van der Waals surface area contributed by atoms with Crippen LogP contribution in [0, 0.1) is 6.92 Å². The summed E-state index contributed by atoms with van der Waals surface area (Å²) in [6.45, 7) is 1.80. The topological polar surface area (TPSA) is 41.1 Å². The van der Waals surface area contributed by atoms with Crippen LogP contribution in [-0.4, -0.2) is 6.03 Å². The van der Waals surface area contributed by atoms with E-state index in [0.717, 1.165) is 23.8 Å². The van der Waals surface area contributed by atoms with Crippen LogP contribution in [0.15, 0.2) is 42.5 Å². The second kappa shape index (κ2) is 6.27. The highest BCUT2D eigenvalue weighted by atomic mass is 35.5. The summed E-state index contributed by atoms with van der Waals surface area (Å²) in [5.41, 5.74) is 0.390. The molecule has 22 heavy (non-hydrogen) atoms. The van der Waals surface area contributed by atoms with Crippen molar-refractivity contribution < 1.29 is 18.0 Å². The van der Waals surface area contributed by atoms with Gasteiger partial charge in [-0.3, -0.25) is 0 Å². The fourth-order valence-electron chi connectivity index (χ4n) is 1.79. The van der Waals surface area contributed by atoms with E-state index in [1.165, 1.54) is 0 Å². The number of urea groups is 1. The number of rotatable bonds is 2. The summed E-state index contributed by atoms with van der Waals surface area (Å²) >= 11 is 5.81. The molecule has 0 fully saturated rings. The Labute approximate surface area is 130 Å². The maximum atomic E-state index is 12.7. The molecule has 2 rings (SSSR count). The maximum Gasteiger partial charge on any atom is 0.416 e. The SMILES string of the molecule is Cc1ccccc1NC(=O)Nc1cc(C(F)(F)F)ccc1Cl. The minimum atomic E-state index is -4.51. The monoisotopic (exact) mass is 328 g/mol. The third-order valence-corrected chi connectivity index (χ3v) is 3.26. The lowest BCUT2D eigenvalue weighted by atomic mass is 10.2. The summed E-state index contributed by atoms with van der Waals surface area (Å²) in [6.07, 6.45) is -4.51. The van der Waals surface area contributed by atoms with Crippen LogP contribution in [0.4, 0.5) is 29.3 Å². The number of hydrogen-bond acceptors (Lipinski definition) is 1. The molecule has 3 nitrogen and oxygen atoms in total. The van der Waals surface area contributed by atoms with Gasteiger partial charge in [-0.25, -0.2) is 4.79 Å². The number of aryl methyl sites for hydroxylation is 1. The number of benzene rings is 2. The number of carbonyl (C=O) groups is 1. The van der Waals surface area contributed by atoms with E-state index in [2.05, 4.69) is 10.6 Å². The molecule has 2 amide bonds. The molecular formula is C15H12ClF3N2O. The summed E-state index contributed by atoms with van der Waals surface area (Å²) in [5.74, 6) is 0. The number of alkyl halides is 3. The average Bonchev–Trinajstić information content (AvgIpc) is 2.42. The van der Waals surface area contributed by atoms with Gasteiger partial charge in [-0.05, 0) is 36.8 Å². The van der Waals surface area contributed by atoms with Crippen LogP contribution >= 0.6 is 11.6 Å². The molecule has 0 atom stereocenters. The normalized spacial score (nSPS) is 11.1. The zero-order chi connectivity index (χ0) is 16.3. The third kappa shape index (κ3) is 3.92. The van der Waals surface area contributed by atoms with Gasteiger partial charge in [-0.2, -0.15) is 13.2 Å². The molecule has 0 bridgehead atoms. The van der Waals surface area contributed by atoms with Crippen LogP contribution in [0.25, 0.3) is 0 Å². The fourth-order valence-corrected chi connectivity index (χ4v) is 1.95. The summed E-state index contributed by atoms with van der Waals surface area (Å²) in [6, 6.07) is 9.09. The summed E-state index contributed by atoms with van der Waals surface area (Å²) in [4.78, 5) is 11.9. The predicted octanol–water partition coefficient (Wildman–Crippen LogP) is 5.31. The molecule has 0 radical (unpaired) electrons. The molecule has 0 spiro atoms. The predicted molar refractivity (Wildman–Crippen MR) is 80.3 cm³/mol. The van der Waals surface area contributed by atoms with E-state index < -0.39 is 17.8 Å². The lowest BCUT2D eigenvalue weighted by Crippen LogP contribution is -2.20. The van der Waals surface area contributed by atoms with Crippen molar-refractivity contribution in [1.29, 1.82) is 0 Å². The molecule has 7 heteroatoms. The second-order valence-electron chi connectivity index (χ2n) is 4.59. The summed E-state index contributed by atoms with van der Waals surface area (Å²) in [7, 11) is 0. The van der Waals surface area contributed by atoms with Crippen molar-refractivity contribution in [3.8, 4) is 0 Å². The van der Waals surface area contributed by atoms with Crippen LogP contribution < -0.4 is 10.6 Å². The zero-order valence-electron chi connectivity index (χ0n) is 11.5. The van der Waals surface area contributed by atoms with E-state index in [-0.39, 0.29) is 10.7 Å². The molecule has 0 unspecified atom stereocenters. The molecule has 0 aliphatic carbocycles. The van der Waals surface area contributed by atoms with Crippen molar-refractivity contribution in [2.24, 2.45) is 0 Å². The Morgan fingerprint density at radius 2 is 1.68 bits per heavy atom. The van der Waals surface area contributed by atoms with Gasteiger partial charge in [0, 0.05) is 5.69 Å². The molecule has 2 aromatic carbocycles. The van der Waals surface area contributed by atoms with Crippen molar-refractivity contribution in [3.63, 3.8) is 0 Å². The Kier molecular flexibility index (Phi) is 4.61. The number of anilines is 2. The molecule has 2 aromatic rings. The van der Waals surface area contributed by atoms with Crippen LogP contribution in [0.3, 0.4) is 0 Å². The molecule has 0 saturated carbocycles. The van der Waals surface area contributed by atoms with Crippen molar-refractivity contribution in [2.75, 3.05) is 10.6 Å². The summed E-state index contributed by atoms with van der Waals surface area (Å²) in [5, 5.41) is 4.89. The van der Waals surface area contributed by atoms with Gasteiger partial charge in [0.1, 0.15) is 0 Å². The first-order valence-electron chi connectivity index (χ1n) is 6.28. The van der Waals surface area contributed by atoms with Crippen LogP contribution in [-0.2, 0) is 6.18 Å². The third-order valence-electron chi connectivity index (χ3n) is 2.94. The van der Waals surface area contributed by atoms with Gasteiger partial charge < -0.3 is 10.6 Å². The summed E-state index contributed by atoms with van der Waals surface area (Å²) < 4.78 is 38.0. The second-order valence-corrected chi connectivity index (χ2v) is 4.99. The molecule has 0 aliphatic heterocycles. The van der Waals surface area contributed by atoms with E-state index in [0.29, 0.717) is 5.69 Å². The first-order valence-corrected chi connectivity index (χ1v) is 6.65. The maximum absolute atomic E-state index is 12.7. The van der Waals surface area contributed by atoms with Crippen molar-refractivity contribution in [3.05, 3.63) is 58.6 Å². The molecule has 116 valence electrons. The number of hydrogen-bond donors (Lipinski definition) is 2. The van der Waals surface area contributed by atoms with E-state index in [9.17, 15) is 18.0 Å². The molecule has 2 N–H and O–H groups in total. The Morgan fingerprint density at radius 1 is 1.05 bits per heavy atom. The van der Waals surface area contributed by atoms with E-state index in [4.69, 9.17) is 11.6 Å². The number of nitrogens with one attached hydrogen (secondary N) is 2. The fraction of sp³-hybridized carbons (Fsp3) is 0.133. The Hall–Kier alpha value is -2.21.